The average molecular weight is 341 g/mol. The lowest BCUT2D eigenvalue weighted by atomic mass is 10.1. The van der Waals surface area contributed by atoms with E-state index < -0.39 is 11.9 Å². The van der Waals surface area contributed by atoms with Gasteiger partial charge in [0.1, 0.15) is 11.5 Å². The molecule has 0 unspecified atom stereocenters. The summed E-state index contributed by atoms with van der Waals surface area (Å²) in [5, 5.41) is 2.66. The summed E-state index contributed by atoms with van der Waals surface area (Å²) in [5.41, 5.74) is 1.29. The third-order valence-electron chi connectivity index (χ3n) is 3.46. The number of anilines is 1. The second kappa shape index (κ2) is 8.54. The van der Waals surface area contributed by atoms with E-state index >= 15 is 0 Å². The van der Waals surface area contributed by atoms with Crippen LogP contribution in [0.2, 0.25) is 0 Å². The lowest BCUT2D eigenvalue weighted by Crippen LogP contribution is -2.12. The number of amides is 1. The van der Waals surface area contributed by atoms with Crippen LogP contribution in [0.4, 0.5) is 5.69 Å². The van der Waals surface area contributed by atoms with Crippen molar-refractivity contribution in [2.24, 2.45) is 0 Å². The van der Waals surface area contributed by atoms with Gasteiger partial charge >= 0.3 is 5.97 Å². The molecule has 2 rings (SSSR count). The molecule has 0 fully saturated rings. The SMILES string of the molecule is COC(=O)c1ccccc1NC(=O)/C=C/c1c(OC)cccc1OC. The number of esters is 1. The van der Waals surface area contributed by atoms with Crippen molar-refractivity contribution in [1.29, 1.82) is 0 Å². The van der Waals surface area contributed by atoms with Gasteiger partial charge in [0.2, 0.25) is 5.91 Å². The maximum atomic E-state index is 12.2. The summed E-state index contributed by atoms with van der Waals surface area (Å²) in [6, 6.07) is 11.9. The van der Waals surface area contributed by atoms with E-state index in [0.29, 0.717) is 22.7 Å². The van der Waals surface area contributed by atoms with Crippen LogP contribution in [0.25, 0.3) is 6.08 Å². The maximum Gasteiger partial charge on any atom is 0.339 e. The fourth-order valence-corrected chi connectivity index (χ4v) is 2.26. The number of para-hydroxylation sites is 1. The Labute approximate surface area is 146 Å². The number of nitrogens with one attached hydrogen (secondary N) is 1. The number of hydrogen-bond acceptors (Lipinski definition) is 5. The van der Waals surface area contributed by atoms with Crippen LogP contribution in [-0.4, -0.2) is 33.2 Å². The normalized spacial score (nSPS) is 10.4. The first-order valence-corrected chi connectivity index (χ1v) is 7.48. The Kier molecular flexibility index (Phi) is 6.17. The molecule has 1 amide bonds. The van der Waals surface area contributed by atoms with Crippen LogP contribution in [0.15, 0.2) is 48.5 Å². The molecule has 6 nitrogen and oxygen atoms in total. The highest BCUT2D eigenvalue weighted by Gasteiger charge is 2.12. The second-order valence-electron chi connectivity index (χ2n) is 4.94. The fourth-order valence-electron chi connectivity index (χ4n) is 2.26. The van der Waals surface area contributed by atoms with Gasteiger partial charge in [-0.3, -0.25) is 4.79 Å². The Morgan fingerprint density at radius 2 is 1.56 bits per heavy atom. The Morgan fingerprint density at radius 3 is 2.16 bits per heavy atom. The highest BCUT2D eigenvalue weighted by Crippen LogP contribution is 2.29. The van der Waals surface area contributed by atoms with Crippen LogP contribution in [0.3, 0.4) is 0 Å². The summed E-state index contributed by atoms with van der Waals surface area (Å²) < 4.78 is 15.3. The van der Waals surface area contributed by atoms with Gasteiger partial charge in [-0.1, -0.05) is 18.2 Å². The minimum absolute atomic E-state index is 0.279. The van der Waals surface area contributed by atoms with E-state index in [0.717, 1.165) is 0 Å². The number of rotatable bonds is 6. The fraction of sp³-hybridized carbons (Fsp3) is 0.158. The molecule has 0 saturated carbocycles. The van der Waals surface area contributed by atoms with Gasteiger partial charge in [0, 0.05) is 6.08 Å². The lowest BCUT2D eigenvalue weighted by molar-refractivity contribution is -0.111. The van der Waals surface area contributed by atoms with Crippen LogP contribution in [0, 0.1) is 0 Å². The summed E-state index contributed by atoms with van der Waals surface area (Å²) in [6.07, 6.45) is 2.93. The number of methoxy groups -OCH3 is 3. The van der Waals surface area contributed by atoms with Crippen LogP contribution in [0.5, 0.6) is 11.5 Å². The predicted octanol–water partition coefficient (Wildman–Crippen LogP) is 3.14. The third kappa shape index (κ3) is 4.38. The molecule has 25 heavy (non-hydrogen) atoms. The average Bonchev–Trinajstić information content (AvgIpc) is 2.65. The van der Waals surface area contributed by atoms with Gasteiger partial charge in [0.15, 0.2) is 0 Å². The zero-order valence-electron chi connectivity index (χ0n) is 14.2. The van der Waals surface area contributed by atoms with E-state index in [1.807, 2.05) is 0 Å². The first kappa shape index (κ1) is 18.1. The van der Waals surface area contributed by atoms with Gasteiger partial charge in [-0.05, 0) is 30.3 Å². The molecule has 130 valence electrons. The van der Waals surface area contributed by atoms with E-state index in [9.17, 15) is 9.59 Å². The van der Waals surface area contributed by atoms with Crippen molar-refractivity contribution in [1.82, 2.24) is 0 Å². The van der Waals surface area contributed by atoms with E-state index in [2.05, 4.69) is 5.32 Å². The van der Waals surface area contributed by atoms with Crippen molar-refractivity contribution in [3.8, 4) is 11.5 Å². The summed E-state index contributed by atoms with van der Waals surface area (Å²) in [4.78, 5) is 24.0. The number of carbonyl (C=O) groups is 2. The molecule has 0 aliphatic heterocycles. The summed E-state index contributed by atoms with van der Waals surface area (Å²) >= 11 is 0. The Bertz CT molecular complexity index is 776. The number of carbonyl (C=O) groups excluding carboxylic acids is 2. The van der Waals surface area contributed by atoms with Gasteiger partial charge in [-0.2, -0.15) is 0 Å². The molecule has 0 aliphatic rings. The predicted molar refractivity (Wildman–Crippen MR) is 95.0 cm³/mol. The Morgan fingerprint density at radius 1 is 0.920 bits per heavy atom. The van der Waals surface area contributed by atoms with E-state index in [1.165, 1.54) is 13.2 Å². The second-order valence-corrected chi connectivity index (χ2v) is 4.94. The largest absolute Gasteiger partial charge is 0.496 e. The first-order valence-electron chi connectivity index (χ1n) is 7.48. The molecule has 0 spiro atoms. The summed E-state index contributed by atoms with van der Waals surface area (Å²) in [5.74, 6) is 0.243. The van der Waals surface area contributed by atoms with Crippen LogP contribution in [0.1, 0.15) is 15.9 Å². The van der Waals surface area contributed by atoms with Crippen molar-refractivity contribution in [3.63, 3.8) is 0 Å². The minimum atomic E-state index is -0.522. The Hall–Kier alpha value is -3.28. The smallest absolute Gasteiger partial charge is 0.339 e. The molecule has 1 N–H and O–H groups in total. The zero-order valence-corrected chi connectivity index (χ0v) is 14.2. The molecule has 0 aliphatic carbocycles. The molecule has 0 saturated heterocycles. The van der Waals surface area contributed by atoms with Crippen molar-refractivity contribution in [3.05, 3.63) is 59.7 Å². The van der Waals surface area contributed by atoms with Crippen LogP contribution < -0.4 is 14.8 Å². The molecule has 0 aromatic heterocycles. The third-order valence-corrected chi connectivity index (χ3v) is 3.46. The first-order chi connectivity index (χ1) is 12.1. The van der Waals surface area contributed by atoms with Gasteiger partial charge in [0.25, 0.3) is 0 Å². The van der Waals surface area contributed by atoms with E-state index in [4.69, 9.17) is 14.2 Å². The van der Waals surface area contributed by atoms with Gasteiger partial charge in [-0.25, -0.2) is 4.79 Å². The molecular formula is C19H19NO5. The molecular weight excluding hydrogens is 322 g/mol. The molecule has 0 bridgehead atoms. The molecule has 0 heterocycles. The van der Waals surface area contributed by atoms with Crippen molar-refractivity contribution in [2.75, 3.05) is 26.6 Å². The minimum Gasteiger partial charge on any atom is -0.496 e. The van der Waals surface area contributed by atoms with Gasteiger partial charge < -0.3 is 19.5 Å². The highest BCUT2D eigenvalue weighted by atomic mass is 16.5. The van der Waals surface area contributed by atoms with Crippen molar-refractivity contribution >= 4 is 23.6 Å². The highest BCUT2D eigenvalue weighted by molar-refractivity contribution is 6.06. The quantitative estimate of drug-likeness (QED) is 0.645. The van der Waals surface area contributed by atoms with Crippen molar-refractivity contribution < 1.29 is 23.8 Å². The monoisotopic (exact) mass is 341 g/mol. The molecule has 0 atom stereocenters. The number of hydrogen-bond donors (Lipinski definition) is 1. The van der Waals surface area contributed by atoms with Gasteiger partial charge in [-0.15, -0.1) is 0 Å². The van der Waals surface area contributed by atoms with E-state index in [-0.39, 0.29) is 5.56 Å². The topological polar surface area (TPSA) is 73.9 Å². The molecule has 6 heteroatoms. The zero-order chi connectivity index (χ0) is 18.2. The van der Waals surface area contributed by atoms with Crippen LogP contribution in [-0.2, 0) is 9.53 Å². The summed E-state index contributed by atoms with van der Waals surface area (Å²) in [6.45, 7) is 0. The molecule has 2 aromatic rings. The number of ether oxygens (including phenoxy) is 3. The van der Waals surface area contributed by atoms with Crippen molar-refractivity contribution in [2.45, 2.75) is 0 Å². The molecule has 2 aromatic carbocycles. The summed E-state index contributed by atoms with van der Waals surface area (Å²) in [7, 11) is 4.37. The lowest BCUT2D eigenvalue weighted by Gasteiger charge is -2.10. The van der Waals surface area contributed by atoms with Gasteiger partial charge in [0.05, 0.1) is 38.1 Å². The number of benzene rings is 2. The molecule has 0 radical (unpaired) electrons. The van der Waals surface area contributed by atoms with E-state index in [1.54, 1.807) is 62.8 Å². The van der Waals surface area contributed by atoms with Crippen LogP contribution >= 0.6 is 0 Å². The Balaban J connectivity index is 2.22. The standard InChI is InChI=1S/C19H19NO5/c1-23-16-9-6-10-17(24-2)14(16)11-12-18(21)20-15-8-5-4-7-13(15)19(22)25-3/h4-12H,1-3H3,(H,20,21)/b12-11+. The maximum absolute atomic E-state index is 12.2.